The van der Waals surface area contributed by atoms with Crippen LogP contribution in [0.15, 0.2) is 15.0 Å². The zero-order valence-electron chi connectivity index (χ0n) is 10.9. The maximum atomic E-state index is 5.46. The summed E-state index contributed by atoms with van der Waals surface area (Å²) >= 11 is 0. The minimum Gasteiger partial charge on any atom is -0.478 e. The summed E-state index contributed by atoms with van der Waals surface area (Å²) in [7, 11) is 0. The normalized spacial score (nSPS) is 21.6. The standard InChI is InChI=1S/C12H18N4O3/c1-4-17-10(13-1)7-16(8-11-14-2-5-18-11)9-12-15-3-6-19-12/h1-9H2. The van der Waals surface area contributed by atoms with Gasteiger partial charge in [0.15, 0.2) is 17.7 Å². The van der Waals surface area contributed by atoms with Crippen LogP contribution in [0.2, 0.25) is 0 Å². The summed E-state index contributed by atoms with van der Waals surface area (Å²) in [5.41, 5.74) is 0. The maximum Gasteiger partial charge on any atom is 0.198 e. The Hall–Kier alpha value is -1.63. The molecular weight excluding hydrogens is 248 g/mol. The maximum absolute atomic E-state index is 5.46. The zero-order valence-corrected chi connectivity index (χ0v) is 10.9. The summed E-state index contributed by atoms with van der Waals surface area (Å²) in [5.74, 6) is 2.33. The van der Waals surface area contributed by atoms with Crippen molar-refractivity contribution < 1.29 is 14.2 Å². The van der Waals surface area contributed by atoms with Crippen LogP contribution in [-0.4, -0.2) is 81.7 Å². The van der Waals surface area contributed by atoms with Crippen molar-refractivity contribution in [1.29, 1.82) is 0 Å². The third kappa shape index (κ3) is 3.44. The van der Waals surface area contributed by atoms with E-state index in [1.165, 1.54) is 0 Å². The van der Waals surface area contributed by atoms with Gasteiger partial charge in [-0.25, -0.2) is 0 Å². The van der Waals surface area contributed by atoms with Crippen molar-refractivity contribution in [1.82, 2.24) is 4.90 Å². The Balaban J connectivity index is 1.59. The van der Waals surface area contributed by atoms with E-state index in [9.17, 15) is 0 Å². The van der Waals surface area contributed by atoms with E-state index in [1.54, 1.807) is 0 Å². The number of nitrogens with zero attached hydrogens (tertiary/aromatic N) is 4. The van der Waals surface area contributed by atoms with Gasteiger partial charge in [-0.1, -0.05) is 0 Å². The first kappa shape index (κ1) is 12.4. The summed E-state index contributed by atoms with van der Waals surface area (Å²) in [6, 6.07) is 0. The lowest BCUT2D eigenvalue weighted by Crippen LogP contribution is -2.38. The van der Waals surface area contributed by atoms with E-state index in [0.717, 1.165) is 37.3 Å². The summed E-state index contributed by atoms with van der Waals surface area (Å²) in [5, 5.41) is 0. The van der Waals surface area contributed by atoms with E-state index in [2.05, 4.69) is 19.9 Å². The first-order chi connectivity index (χ1) is 9.40. The fraction of sp³-hybridized carbons (Fsp3) is 0.750. The Kier molecular flexibility index (Phi) is 3.92. The quantitative estimate of drug-likeness (QED) is 0.654. The molecule has 0 bridgehead atoms. The van der Waals surface area contributed by atoms with Crippen LogP contribution in [0.4, 0.5) is 0 Å². The minimum atomic E-state index is 0.644. The molecule has 7 heteroatoms. The van der Waals surface area contributed by atoms with Crippen LogP contribution in [0.1, 0.15) is 0 Å². The van der Waals surface area contributed by atoms with Gasteiger partial charge in [-0.3, -0.25) is 19.9 Å². The molecule has 104 valence electrons. The van der Waals surface area contributed by atoms with Crippen molar-refractivity contribution in [2.45, 2.75) is 0 Å². The van der Waals surface area contributed by atoms with Gasteiger partial charge in [-0.2, -0.15) is 0 Å². The number of hydrogen-bond donors (Lipinski definition) is 0. The molecule has 0 spiro atoms. The summed E-state index contributed by atoms with van der Waals surface area (Å²) in [6.07, 6.45) is 0. The Morgan fingerprint density at radius 2 is 1.05 bits per heavy atom. The molecule has 0 N–H and O–H groups in total. The van der Waals surface area contributed by atoms with E-state index in [-0.39, 0.29) is 0 Å². The van der Waals surface area contributed by atoms with Gasteiger partial charge in [0, 0.05) is 0 Å². The molecule has 0 unspecified atom stereocenters. The molecule has 3 heterocycles. The second-order valence-electron chi connectivity index (χ2n) is 4.52. The molecule has 0 fully saturated rings. The number of aliphatic imine (C=N–C) groups is 3. The average Bonchev–Trinajstić information content (AvgIpc) is 3.10. The Morgan fingerprint density at radius 3 is 1.32 bits per heavy atom. The first-order valence-corrected chi connectivity index (χ1v) is 6.61. The molecule has 19 heavy (non-hydrogen) atoms. The molecule has 0 aliphatic carbocycles. The van der Waals surface area contributed by atoms with Crippen molar-refractivity contribution in [2.24, 2.45) is 15.0 Å². The van der Waals surface area contributed by atoms with Gasteiger partial charge in [0.05, 0.1) is 39.3 Å². The van der Waals surface area contributed by atoms with E-state index >= 15 is 0 Å². The third-order valence-corrected chi connectivity index (χ3v) is 3.02. The Bertz CT molecular complexity index is 357. The predicted octanol–water partition coefficient (Wildman–Crippen LogP) is -0.425. The number of hydrogen-bond acceptors (Lipinski definition) is 7. The smallest absolute Gasteiger partial charge is 0.198 e. The van der Waals surface area contributed by atoms with Crippen LogP contribution in [0.5, 0.6) is 0 Å². The molecule has 0 aromatic heterocycles. The van der Waals surface area contributed by atoms with Gasteiger partial charge < -0.3 is 14.2 Å². The van der Waals surface area contributed by atoms with Crippen LogP contribution in [0.3, 0.4) is 0 Å². The summed E-state index contributed by atoms with van der Waals surface area (Å²) in [4.78, 5) is 15.1. The number of ether oxygens (including phenoxy) is 3. The van der Waals surface area contributed by atoms with Crippen molar-refractivity contribution in [2.75, 3.05) is 59.1 Å². The van der Waals surface area contributed by atoms with Gasteiger partial charge in [0.1, 0.15) is 19.8 Å². The Labute approximate surface area is 112 Å². The largest absolute Gasteiger partial charge is 0.478 e. The van der Waals surface area contributed by atoms with E-state index < -0.39 is 0 Å². The monoisotopic (exact) mass is 266 g/mol. The Morgan fingerprint density at radius 1 is 0.684 bits per heavy atom. The molecule has 0 saturated carbocycles. The average molecular weight is 266 g/mol. The molecule has 3 aliphatic rings. The molecule has 0 atom stereocenters. The van der Waals surface area contributed by atoms with Gasteiger partial charge >= 0.3 is 0 Å². The second kappa shape index (κ2) is 6.01. The SMILES string of the molecule is C1COC(CN(CC2=NCCO2)CC2=NCCO2)=N1. The highest BCUT2D eigenvalue weighted by Crippen LogP contribution is 2.04. The lowest BCUT2D eigenvalue weighted by molar-refractivity contribution is 0.270. The van der Waals surface area contributed by atoms with Crippen LogP contribution in [-0.2, 0) is 14.2 Å². The van der Waals surface area contributed by atoms with Crippen LogP contribution >= 0.6 is 0 Å². The number of rotatable bonds is 6. The highest BCUT2D eigenvalue weighted by atomic mass is 16.5. The second-order valence-corrected chi connectivity index (χ2v) is 4.52. The molecule has 0 saturated heterocycles. The van der Waals surface area contributed by atoms with Gasteiger partial charge in [0.25, 0.3) is 0 Å². The van der Waals surface area contributed by atoms with Crippen LogP contribution in [0.25, 0.3) is 0 Å². The zero-order chi connectivity index (χ0) is 12.9. The molecular formula is C12H18N4O3. The van der Waals surface area contributed by atoms with Gasteiger partial charge in [-0.15, -0.1) is 0 Å². The molecule has 0 radical (unpaired) electrons. The van der Waals surface area contributed by atoms with E-state index in [1.807, 2.05) is 0 Å². The predicted molar refractivity (Wildman–Crippen MR) is 71.2 cm³/mol. The van der Waals surface area contributed by atoms with Crippen molar-refractivity contribution in [3.05, 3.63) is 0 Å². The highest BCUT2D eigenvalue weighted by molar-refractivity contribution is 5.85. The fourth-order valence-corrected chi connectivity index (χ4v) is 2.17. The molecule has 7 nitrogen and oxygen atoms in total. The van der Waals surface area contributed by atoms with Gasteiger partial charge in [0.2, 0.25) is 0 Å². The molecule has 3 aliphatic heterocycles. The fourth-order valence-electron chi connectivity index (χ4n) is 2.17. The summed E-state index contributed by atoms with van der Waals surface area (Å²) in [6.45, 7) is 6.21. The van der Waals surface area contributed by atoms with Crippen LogP contribution < -0.4 is 0 Å². The van der Waals surface area contributed by atoms with Gasteiger partial charge in [-0.05, 0) is 0 Å². The summed E-state index contributed by atoms with van der Waals surface area (Å²) < 4.78 is 16.4. The van der Waals surface area contributed by atoms with Crippen molar-refractivity contribution in [3.8, 4) is 0 Å². The highest BCUT2D eigenvalue weighted by Gasteiger charge is 2.21. The minimum absolute atomic E-state index is 0.644. The lowest BCUT2D eigenvalue weighted by atomic mass is 10.4. The molecule has 0 amide bonds. The first-order valence-electron chi connectivity index (χ1n) is 6.61. The van der Waals surface area contributed by atoms with E-state index in [0.29, 0.717) is 39.5 Å². The topological polar surface area (TPSA) is 68.0 Å². The third-order valence-electron chi connectivity index (χ3n) is 3.02. The molecule has 3 rings (SSSR count). The van der Waals surface area contributed by atoms with E-state index in [4.69, 9.17) is 14.2 Å². The molecule has 0 aromatic rings. The van der Waals surface area contributed by atoms with Crippen molar-refractivity contribution in [3.63, 3.8) is 0 Å². The van der Waals surface area contributed by atoms with Crippen molar-refractivity contribution >= 4 is 17.7 Å². The van der Waals surface area contributed by atoms with Crippen LogP contribution in [0, 0.1) is 0 Å². The molecule has 0 aromatic carbocycles. The lowest BCUT2D eigenvalue weighted by Gasteiger charge is -2.20.